The van der Waals surface area contributed by atoms with Gasteiger partial charge >= 0.3 is 0 Å². The lowest BCUT2D eigenvalue weighted by Crippen LogP contribution is -2.46. The van der Waals surface area contributed by atoms with Crippen LogP contribution in [0.2, 0.25) is 0 Å². The van der Waals surface area contributed by atoms with E-state index in [9.17, 15) is 13.2 Å². The second-order valence-electron chi connectivity index (χ2n) is 7.07. The number of nitrogens with zero attached hydrogens (tertiary/aromatic N) is 2. The standard InChI is InChI=1S/C14H27N3O3S/c1-14(2,3)15-13(18)11-16-7-4-8-17(10-9-16)21(19,20)12-5-6-12/h12H,4-11H2,1-3H3,(H,15,18). The Balaban J connectivity index is 1.85. The molecule has 2 aliphatic rings. The Bertz CT molecular complexity index is 480. The molecule has 122 valence electrons. The van der Waals surface area contributed by atoms with Crippen LogP contribution in [0.4, 0.5) is 0 Å². The van der Waals surface area contributed by atoms with Gasteiger partial charge in [-0.3, -0.25) is 9.69 Å². The minimum absolute atomic E-state index is 0.000926. The normalized spacial score (nSPS) is 22.8. The summed E-state index contributed by atoms with van der Waals surface area (Å²) >= 11 is 0. The summed E-state index contributed by atoms with van der Waals surface area (Å²) in [6.45, 7) is 8.69. The van der Waals surface area contributed by atoms with Gasteiger partial charge in [0.05, 0.1) is 11.8 Å². The summed E-state index contributed by atoms with van der Waals surface area (Å²) < 4.78 is 26.1. The monoisotopic (exact) mass is 317 g/mol. The van der Waals surface area contributed by atoms with Gasteiger partial charge in [-0.1, -0.05) is 0 Å². The molecular formula is C14H27N3O3S. The van der Waals surface area contributed by atoms with E-state index in [2.05, 4.69) is 5.32 Å². The topological polar surface area (TPSA) is 69.7 Å². The highest BCUT2D eigenvalue weighted by atomic mass is 32.2. The Morgan fingerprint density at radius 1 is 1.14 bits per heavy atom. The molecule has 0 radical (unpaired) electrons. The molecule has 0 aromatic rings. The number of rotatable bonds is 4. The molecule has 21 heavy (non-hydrogen) atoms. The van der Waals surface area contributed by atoms with Crippen molar-refractivity contribution in [3.05, 3.63) is 0 Å². The lowest BCUT2D eigenvalue weighted by atomic mass is 10.1. The highest BCUT2D eigenvalue weighted by molar-refractivity contribution is 7.90. The summed E-state index contributed by atoms with van der Waals surface area (Å²) in [6, 6.07) is 0. The van der Waals surface area contributed by atoms with Crippen LogP contribution in [0.1, 0.15) is 40.0 Å². The van der Waals surface area contributed by atoms with Gasteiger partial charge in [-0.05, 0) is 46.6 Å². The first-order valence-electron chi connectivity index (χ1n) is 7.71. The molecule has 1 saturated heterocycles. The van der Waals surface area contributed by atoms with E-state index in [1.807, 2.05) is 25.7 Å². The van der Waals surface area contributed by atoms with Gasteiger partial charge in [0.2, 0.25) is 15.9 Å². The molecule has 0 aromatic carbocycles. The van der Waals surface area contributed by atoms with E-state index in [1.165, 1.54) is 0 Å². The first kappa shape index (κ1) is 16.7. The Morgan fingerprint density at radius 2 is 1.81 bits per heavy atom. The molecule has 6 nitrogen and oxygen atoms in total. The summed E-state index contributed by atoms with van der Waals surface area (Å²) in [5.74, 6) is 0.000926. The number of carbonyl (C=O) groups excluding carboxylic acids is 1. The number of sulfonamides is 1. The predicted octanol–water partition coefficient (Wildman–Crippen LogP) is 0.401. The zero-order valence-electron chi connectivity index (χ0n) is 13.3. The minimum atomic E-state index is -3.09. The minimum Gasteiger partial charge on any atom is -0.350 e. The van der Waals surface area contributed by atoms with Crippen molar-refractivity contribution in [2.75, 3.05) is 32.7 Å². The first-order valence-corrected chi connectivity index (χ1v) is 9.21. The molecule has 0 spiro atoms. The van der Waals surface area contributed by atoms with Crippen molar-refractivity contribution >= 4 is 15.9 Å². The van der Waals surface area contributed by atoms with Crippen LogP contribution in [-0.2, 0) is 14.8 Å². The van der Waals surface area contributed by atoms with Crippen LogP contribution in [0.25, 0.3) is 0 Å². The smallest absolute Gasteiger partial charge is 0.234 e. The summed E-state index contributed by atoms with van der Waals surface area (Å²) in [5, 5.41) is 2.80. The van der Waals surface area contributed by atoms with Gasteiger partial charge in [0.1, 0.15) is 0 Å². The first-order chi connectivity index (χ1) is 9.68. The maximum atomic E-state index is 12.2. The zero-order chi connectivity index (χ0) is 15.7. The largest absolute Gasteiger partial charge is 0.350 e. The van der Waals surface area contributed by atoms with Crippen LogP contribution in [0.3, 0.4) is 0 Å². The molecule has 0 bridgehead atoms. The molecule has 1 saturated carbocycles. The fourth-order valence-corrected chi connectivity index (χ4v) is 4.47. The highest BCUT2D eigenvalue weighted by Crippen LogP contribution is 2.31. The second kappa shape index (κ2) is 6.22. The van der Waals surface area contributed by atoms with Crippen LogP contribution in [-0.4, -0.2) is 67.0 Å². The molecular weight excluding hydrogens is 290 g/mol. The van der Waals surface area contributed by atoms with Crippen LogP contribution in [0.15, 0.2) is 0 Å². The molecule has 7 heteroatoms. The van der Waals surface area contributed by atoms with E-state index in [1.54, 1.807) is 4.31 Å². The number of hydrogen-bond donors (Lipinski definition) is 1. The third kappa shape index (κ3) is 4.93. The fraction of sp³-hybridized carbons (Fsp3) is 0.929. The average molecular weight is 317 g/mol. The zero-order valence-corrected chi connectivity index (χ0v) is 14.1. The Hall–Kier alpha value is -0.660. The lowest BCUT2D eigenvalue weighted by molar-refractivity contribution is -0.123. The molecule has 1 heterocycles. The number of nitrogens with one attached hydrogen (secondary N) is 1. The van der Waals surface area contributed by atoms with Gasteiger partial charge in [-0.2, -0.15) is 0 Å². The van der Waals surface area contributed by atoms with Crippen LogP contribution < -0.4 is 5.32 Å². The molecule has 1 N–H and O–H groups in total. The summed E-state index contributed by atoms with van der Waals surface area (Å²) in [7, 11) is -3.09. The molecule has 2 rings (SSSR count). The number of amides is 1. The molecule has 2 fully saturated rings. The third-order valence-electron chi connectivity index (χ3n) is 3.73. The van der Waals surface area contributed by atoms with Gasteiger partial charge in [0.25, 0.3) is 0 Å². The quantitative estimate of drug-likeness (QED) is 0.815. The van der Waals surface area contributed by atoms with Crippen molar-refractivity contribution in [3.63, 3.8) is 0 Å². The SMILES string of the molecule is CC(C)(C)NC(=O)CN1CCCN(S(=O)(=O)C2CC2)CC1. The van der Waals surface area contributed by atoms with E-state index < -0.39 is 10.0 Å². The molecule has 1 aliphatic carbocycles. The number of hydrogen-bond acceptors (Lipinski definition) is 4. The number of carbonyl (C=O) groups is 1. The summed E-state index contributed by atoms with van der Waals surface area (Å²) in [4.78, 5) is 14.0. The molecule has 0 unspecified atom stereocenters. The van der Waals surface area contributed by atoms with Crippen LogP contribution in [0.5, 0.6) is 0 Å². The van der Waals surface area contributed by atoms with Crippen molar-refractivity contribution in [2.45, 2.75) is 50.8 Å². The predicted molar refractivity (Wildman–Crippen MR) is 82.5 cm³/mol. The fourth-order valence-electron chi connectivity index (χ4n) is 2.60. The van der Waals surface area contributed by atoms with Crippen molar-refractivity contribution in [1.29, 1.82) is 0 Å². The van der Waals surface area contributed by atoms with Gasteiger partial charge in [-0.25, -0.2) is 12.7 Å². The Labute approximate surface area is 127 Å². The van der Waals surface area contributed by atoms with E-state index >= 15 is 0 Å². The second-order valence-corrected chi connectivity index (χ2v) is 9.28. The van der Waals surface area contributed by atoms with Gasteiger partial charge in [0.15, 0.2) is 0 Å². The Kier molecular flexibility index (Phi) is 4.95. The van der Waals surface area contributed by atoms with Crippen molar-refractivity contribution in [1.82, 2.24) is 14.5 Å². The van der Waals surface area contributed by atoms with Crippen molar-refractivity contribution in [2.24, 2.45) is 0 Å². The summed E-state index contributed by atoms with van der Waals surface area (Å²) in [5.41, 5.74) is -0.232. The molecule has 1 aliphatic heterocycles. The van der Waals surface area contributed by atoms with Crippen molar-refractivity contribution in [3.8, 4) is 0 Å². The average Bonchev–Trinajstić information content (AvgIpc) is 3.13. The van der Waals surface area contributed by atoms with E-state index in [-0.39, 0.29) is 16.7 Å². The van der Waals surface area contributed by atoms with Crippen LogP contribution in [0, 0.1) is 0 Å². The van der Waals surface area contributed by atoms with Crippen molar-refractivity contribution < 1.29 is 13.2 Å². The van der Waals surface area contributed by atoms with E-state index in [0.717, 1.165) is 25.8 Å². The molecule has 0 aromatic heterocycles. The maximum absolute atomic E-state index is 12.2. The van der Waals surface area contributed by atoms with E-state index in [4.69, 9.17) is 0 Å². The van der Waals surface area contributed by atoms with Gasteiger partial charge < -0.3 is 5.32 Å². The van der Waals surface area contributed by atoms with Gasteiger partial charge in [-0.15, -0.1) is 0 Å². The van der Waals surface area contributed by atoms with Gasteiger partial charge in [0, 0.05) is 25.2 Å². The third-order valence-corrected chi connectivity index (χ3v) is 6.13. The molecule has 1 amide bonds. The van der Waals surface area contributed by atoms with E-state index in [0.29, 0.717) is 26.2 Å². The highest BCUT2D eigenvalue weighted by Gasteiger charge is 2.40. The summed E-state index contributed by atoms with van der Waals surface area (Å²) in [6.07, 6.45) is 2.39. The lowest BCUT2D eigenvalue weighted by Gasteiger charge is -2.25. The Morgan fingerprint density at radius 3 is 2.38 bits per heavy atom. The van der Waals surface area contributed by atoms with Crippen LogP contribution >= 0.6 is 0 Å². The maximum Gasteiger partial charge on any atom is 0.234 e. The molecule has 0 atom stereocenters.